The van der Waals surface area contributed by atoms with Gasteiger partial charge in [-0.15, -0.1) is 0 Å². The number of hydrogen-bond acceptors (Lipinski definition) is 3. The zero-order chi connectivity index (χ0) is 19.4. The van der Waals surface area contributed by atoms with Gasteiger partial charge in [-0.2, -0.15) is 0 Å². The minimum atomic E-state index is -1.26. The number of carboxylic acid groups (broad SMARTS) is 2. The SMILES string of the molecule is C[C@H](N)Cn1ccc2c1-c1cc(F)c(F)cc1C2.O=C(O)/C=C/C(=O)O. The van der Waals surface area contributed by atoms with E-state index in [2.05, 4.69) is 0 Å². The molecule has 4 N–H and O–H groups in total. The molecule has 138 valence electrons. The number of aromatic nitrogens is 1. The van der Waals surface area contributed by atoms with Crippen LogP contribution < -0.4 is 5.73 Å². The highest BCUT2D eigenvalue weighted by atomic mass is 19.2. The maximum Gasteiger partial charge on any atom is 0.328 e. The fourth-order valence-electron chi connectivity index (χ4n) is 2.75. The number of nitrogens with two attached hydrogens (primary N) is 1. The molecular formula is C18H18F2N2O4. The molecule has 6 nitrogen and oxygen atoms in total. The highest BCUT2D eigenvalue weighted by molar-refractivity contribution is 5.89. The van der Waals surface area contributed by atoms with Crippen molar-refractivity contribution in [1.29, 1.82) is 0 Å². The van der Waals surface area contributed by atoms with E-state index in [1.807, 2.05) is 23.8 Å². The molecule has 0 aliphatic heterocycles. The van der Waals surface area contributed by atoms with Crippen LogP contribution in [0.3, 0.4) is 0 Å². The molecule has 1 aromatic carbocycles. The van der Waals surface area contributed by atoms with E-state index in [-0.39, 0.29) is 6.04 Å². The van der Waals surface area contributed by atoms with Crippen molar-refractivity contribution in [2.24, 2.45) is 5.73 Å². The lowest BCUT2D eigenvalue weighted by Gasteiger charge is -2.11. The summed E-state index contributed by atoms with van der Waals surface area (Å²) in [5, 5.41) is 15.6. The Morgan fingerprint density at radius 2 is 1.77 bits per heavy atom. The predicted octanol–water partition coefficient (Wildman–Crippen LogP) is 2.40. The zero-order valence-corrected chi connectivity index (χ0v) is 13.9. The minimum absolute atomic E-state index is 0.0239. The number of rotatable bonds is 4. The van der Waals surface area contributed by atoms with Gasteiger partial charge < -0.3 is 20.5 Å². The van der Waals surface area contributed by atoms with Crippen LogP contribution >= 0.6 is 0 Å². The number of fused-ring (bicyclic) bond motifs is 3. The Labute approximate surface area is 148 Å². The Kier molecular flexibility index (Phi) is 5.89. The van der Waals surface area contributed by atoms with Crippen LogP contribution in [0.25, 0.3) is 11.3 Å². The molecule has 1 aromatic heterocycles. The van der Waals surface area contributed by atoms with Gasteiger partial charge in [0.05, 0.1) is 5.69 Å². The number of halogens is 2. The zero-order valence-electron chi connectivity index (χ0n) is 13.9. The van der Waals surface area contributed by atoms with E-state index in [9.17, 15) is 18.4 Å². The van der Waals surface area contributed by atoms with Crippen molar-refractivity contribution in [2.45, 2.75) is 25.9 Å². The molecule has 1 aliphatic carbocycles. The van der Waals surface area contributed by atoms with Gasteiger partial charge in [0.25, 0.3) is 0 Å². The van der Waals surface area contributed by atoms with Crippen LogP contribution in [0.1, 0.15) is 18.1 Å². The quantitative estimate of drug-likeness (QED) is 0.617. The molecule has 0 saturated carbocycles. The van der Waals surface area contributed by atoms with Crippen LogP contribution in [0.15, 0.2) is 36.5 Å². The van der Waals surface area contributed by atoms with Crippen molar-refractivity contribution in [3.8, 4) is 11.3 Å². The van der Waals surface area contributed by atoms with E-state index >= 15 is 0 Å². The van der Waals surface area contributed by atoms with Crippen LogP contribution in [-0.2, 0) is 22.6 Å². The van der Waals surface area contributed by atoms with Crippen molar-refractivity contribution in [3.63, 3.8) is 0 Å². The lowest BCUT2D eigenvalue weighted by molar-refractivity contribution is -0.134. The first-order valence-electron chi connectivity index (χ1n) is 7.74. The Bertz CT molecular complexity index is 856. The highest BCUT2D eigenvalue weighted by Gasteiger charge is 2.24. The molecule has 1 heterocycles. The van der Waals surface area contributed by atoms with E-state index in [0.29, 0.717) is 25.1 Å². The summed E-state index contributed by atoms with van der Waals surface area (Å²) in [5.74, 6) is -4.09. The van der Waals surface area contributed by atoms with Crippen molar-refractivity contribution in [2.75, 3.05) is 0 Å². The molecule has 0 fully saturated rings. The van der Waals surface area contributed by atoms with Crippen LogP contribution in [-0.4, -0.2) is 32.8 Å². The number of carbonyl (C=O) groups is 2. The van der Waals surface area contributed by atoms with E-state index in [1.54, 1.807) is 0 Å². The molecule has 1 aliphatic rings. The number of nitrogens with zero attached hydrogens (tertiary/aromatic N) is 1. The first kappa shape index (κ1) is 19.3. The molecule has 26 heavy (non-hydrogen) atoms. The van der Waals surface area contributed by atoms with Gasteiger partial charge in [-0.05, 0) is 36.2 Å². The summed E-state index contributed by atoms with van der Waals surface area (Å²) in [5.41, 5.74) is 9.51. The normalized spacial score (nSPS) is 12.9. The highest BCUT2D eigenvalue weighted by Crippen LogP contribution is 2.38. The molecule has 0 unspecified atom stereocenters. The topological polar surface area (TPSA) is 106 Å². The summed E-state index contributed by atoms with van der Waals surface area (Å²) in [4.78, 5) is 19.1. The smallest absolute Gasteiger partial charge is 0.328 e. The second-order valence-corrected chi connectivity index (χ2v) is 5.93. The monoisotopic (exact) mass is 364 g/mol. The molecule has 0 saturated heterocycles. The van der Waals surface area contributed by atoms with E-state index in [4.69, 9.17) is 15.9 Å². The first-order chi connectivity index (χ1) is 12.2. The van der Waals surface area contributed by atoms with Crippen LogP contribution in [0.2, 0.25) is 0 Å². The van der Waals surface area contributed by atoms with Crippen molar-refractivity contribution in [1.82, 2.24) is 4.57 Å². The summed E-state index contributed by atoms with van der Waals surface area (Å²) >= 11 is 0. The Morgan fingerprint density at radius 3 is 2.31 bits per heavy atom. The van der Waals surface area contributed by atoms with Gasteiger partial charge in [-0.3, -0.25) is 0 Å². The summed E-state index contributed by atoms with van der Waals surface area (Å²) in [7, 11) is 0. The van der Waals surface area contributed by atoms with Crippen molar-refractivity contribution in [3.05, 3.63) is 59.3 Å². The Morgan fingerprint density at radius 1 is 1.19 bits per heavy atom. The molecule has 1 atom stereocenters. The fourth-order valence-corrected chi connectivity index (χ4v) is 2.75. The number of aliphatic carboxylic acids is 2. The average Bonchev–Trinajstić information content (AvgIpc) is 3.06. The molecule has 2 aromatic rings. The summed E-state index contributed by atoms with van der Waals surface area (Å²) < 4.78 is 28.6. The van der Waals surface area contributed by atoms with E-state index in [1.165, 1.54) is 12.1 Å². The Hall–Kier alpha value is -3.00. The van der Waals surface area contributed by atoms with Gasteiger partial charge in [-0.25, -0.2) is 18.4 Å². The Balaban J connectivity index is 0.000000260. The molecule has 0 amide bonds. The molecule has 0 spiro atoms. The third-order valence-corrected chi connectivity index (χ3v) is 3.68. The fraction of sp³-hybridized carbons (Fsp3) is 0.222. The average molecular weight is 364 g/mol. The van der Waals surface area contributed by atoms with Crippen LogP contribution in [0.4, 0.5) is 8.78 Å². The van der Waals surface area contributed by atoms with Crippen molar-refractivity contribution < 1.29 is 28.6 Å². The van der Waals surface area contributed by atoms with Gasteiger partial charge >= 0.3 is 11.9 Å². The molecule has 0 bridgehead atoms. The van der Waals surface area contributed by atoms with Gasteiger partial charge in [0, 0.05) is 42.9 Å². The summed E-state index contributed by atoms with van der Waals surface area (Å²) in [6.45, 7) is 2.60. The summed E-state index contributed by atoms with van der Waals surface area (Å²) in [6.07, 6.45) is 3.73. The number of benzene rings is 1. The molecule has 8 heteroatoms. The summed E-state index contributed by atoms with van der Waals surface area (Å²) in [6, 6.07) is 4.60. The lowest BCUT2D eigenvalue weighted by atomic mass is 10.1. The standard InChI is InChI=1S/C14H14F2N2.C4H4O4/c1-8(17)7-18-3-2-9-4-10-5-12(15)13(16)6-11(10)14(9)18;5-3(6)1-2-4(7)8/h2-3,5-6,8H,4,7,17H2,1H3;1-2H,(H,5,6)(H,7,8)/b;2-1+/t8-;/m0./s1. The van der Waals surface area contributed by atoms with Crippen molar-refractivity contribution >= 4 is 11.9 Å². The predicted molar refractivity (Wildman–Crippen MR) is 90.7 cm³/mol. The third-order valence-electron chi connectivity index (χ3n) is 3.68. The largest absolute Gasteiger partial charge is 0.478 e. The minimum Gasteiger partial charge on any atom is -0.478 e. The van der Waals surface area contributed by atoms with Gasteiger partial charge in [0.2, 0.25) is 0 Å². The van der Waals surface area contributed by atoms with Crippen LogP contribution in [0.5, 0.6) is 0 Å². The van der Waals surface area contributed by atoms with Gasteiger partial charge in [-0.1, -0.05) is 0 Å². The van der Waals surface area contributed by atoms with Crippen LogP contribution in [0, 0.1) is 11.6 Å². The maximum atomic E-state index is 13.4. The lowest BCUT2D eigenvalue weighted by Crippen LogP contribution is -2.22. The second-order valence-electron chi connectivity index (χ2n) is 5.93. The maximum absolute atomic E-state index is 13.4. The number of carboxylic acids is 2. The third kappa shape index (κ3) is 4.54. The number of hydrogen-bond donors (Lipinski definition) is 3. The second kappa shape index (κ2) is 7.92. The first-order valence-corrected chi connectivity index (χ1v) is 7.74. The van der Waals surface area contributed by atoms with Gasteiger partial charge in [0.15, 0.2) is 11.6 Å². The molecule has 3 rings (SSSR count). The molecular weight excluding hydrogens is 346 g/mol. The molecule has 0 radical (unpaired) electrons. The van der Waals surface area contributed by atoms with E-state index in [0.717, 1.165) is 22.4 Å². The van der Waals surface area contributed by atoms with Gasteiger partial charge in [0.1, 0.15) is 0 Å². The van der Waals surface area contributed by atoms with E-state index < -0.39 is 23.6 Å².